The van der Waals surface area contributed by atoms with Crippen LogP contribution in [0.15, 0.2) is 47.0 Å². The minimum Gasteiger partial charge on any atom is -0.456 e. The normalized spacial score (nSPS) is 10.6. The lowest BCUT2D eigenvalue weighted by Crippen LogP contribution is -2.14. The Morgan fingerprint density at radius 1 is 1.15 bits per heavy atom. The first-order valence-corrected chi connectivity index (χ1v) is 8.54. The third-order valence-corrected chi connectivity index (χ3v) is 4.14. The van der Waals surface area contributed by atoms with E-state index in [0.29, 0.717) is 23.9 Å². The molecule has 0 unspecified atom stereocenters. The molecular weight excluding hydrogens is 346 g/mol. The fourth-order valence-electron chi connectivity index (χ4n) is 2.51. The summed E-state index contributed by atoms with van der Waals surface area (Å²) < 4.78 is 12.3. The van der Waals surface area contributed by atoms with Crippen LogP contribution in [0.1, 0.15) is 39.9 Å². The Labute approximate surface area is 156 Å². The molecule has 0 aliphatic rings. The van der Waals surface area contributed by atoms with Crippen molar-refractivity contribution in [3.8, 4) is 0 Å². The van der Waals surface area contributed by atoms with Gasteiger partial charge in [-0.05, 0) is 42.7 Å². The molecule has 7 heteroatoms. The molecule has 27 heavy (non-hydrogen) atoms. The molecule has 2 heterocycles. The fraction of sp³-hybridized carbons (Fsp3) is 0.250. The molecule has 0 spiro atoms. The number of benzene rings is 1. The first-order valence-electron chi connectivity index (χ1n) is 8.54. The Morgan fingerprint density at radius 2 is 1.96 bits per heavy atom. The van der Waals surface area contributed by atoms with Crippen LogP contribution in [0, 0.1) is 13.8 Å². The van der Waals surface area contributed by atoms with Crippen LogP contribution in [0.2, 0.25) is 0 Å². The van der Waals surface area contributed by atoms with Gasteiger partial charge in [0.2, 0.25) is 0 Å². The first-order chi connectivity index (χ1) is 12.9. The summed E-state index contributed by atoms with van der Waals surface area (Å²) in [6.45, 7) is 6.04. The number of nitrogens with zero attached hydrogens (tertiary/aromatic N) is 2. The van der Waals surface area contributed by atoms with Crippen LogP contribution in [-0.2, 0) is 17.9 Å². The van der Waals surface area contributed by atoms with Crippen molar-refractivity contribution in [3.63, 3.8) is 0 Å². The monoisotopic (exact) mass is 367 g/mol. The van der Waals surface area contributed by atoms with E-state index in [-0.39, 0.29) is 12.4 Å². The van der Waals surface area contributed by atoms with Gasteiger partial charge in [0, 0.05) is 19.2 Å². The summed E-state index contributed by atoms with van der Waals surface area (Å²) in [6, 6.07) is 10.9. The second-order valence-corrected chi connectivity index (χ2v) is 6.34. The number of Topliss-reactive ketones (excluding diaryl/α,β-unsaturated/α-hetero) is 1. The number of ketones is 1. The standard InChI is InChI=1S/C20H21N3O4/c1-13-4-5-16(10-14(13)2)12-26-20(25)21-19-8-9-23(22-19)11-17-6-7-18(27-17)15(3)24/h4-10H,11-12H2,1-3H3,(H,21,22,25). The van der Waals surface area contributed by atoms with Crippen LogP contribution in [0.3, 0.4) is 0 Å². The Morgan fingerprint density at radius 3 is 2.67 bits per heavy atom. The van der Waals surface area contributed by atoms with Gasteiger partial charge >= 0.3 is 6.09 Å². The van der Waals surface area contributed by atoms with Crippen molar-refractivity contribution >= 4 is 17.7 Å². The van der Waals surface area contributed by atoms with Gasteiger partial charge in [-0.25, -0.2) is 4.79 Å². The third kappa shape index (κ3) is 4.84. The largest absolute Gasteiger partial charge is 0.456 e. The van der Waals surface area contributed by atoms with E-state index in [1.807, 2.05) is 32.0 Å². The number of nitrogens with one attached hydrogen (secondary N) is 1. The Kier molecular flexibility index (Phi) is 5.40. The molecule has 0 saturated carbocycles. The number of ether oxygens (including phenoxy) is 1. The molecule has 0 atom stereocenters. The molecule has 140 valence electrons. The minimum absolute atomic E-state index is 0.129. The highest BCUT2D eigenvalue weighted by atomic mass is 16.5. The molecule has 0 bridgehead atoms. The molecule has 0 radical (unpaired) electrons. The van der Waals surface area contributed by atoms with Gasteiger partial charge in [-0.15, -0.1) is 0 Å². The molecule has 7 nitrogen and oxygen atoms in total. The molecule has 2 aromatic heterocycles. The van der Waals surface area contributed by atoms with Gasteiger partial charge in [0.05, 0.1) is 6.54 Å². The first kappa shape index (κ1) is 18.4. The highest BCUT2D eigenvalue weighted by molar-refractivity contribution is 5.91. The quantitative estimate of drug-likeness (QED) is 0.663. The van der Waals surface area contributed by atoms with Gasteiger partial charge in [0.25, 0.3) is 0 Å². The summed E-state index contributed by atoms with van der Waals surface area (Å²) in [5.74, 6) is 1.16. The summed E-state index contributed by atoms with van der Waals surface area (Å²) in [6.07, 6.45) is 1.13. The van der Waals surface area contributed by atoms with Crippen molar-refractivity contribution in [2.45, 2.75) is 33.9 Å². The predicted molar refractivity (Wildman–Crippen MR) is 99.8 cm³/mol. The van der Waals surface area contributed by atoms with Crippen molar-refractivity contribution in [3.05, 3.63) is 70.8 Å². The van der Waals surface area contributed by atoms with Crippen molar-refractivity contribution in [1.29, 1.82) is 0 Å². The summed E-state index contributed by atoms with van der Waals surface area (Å²) in [5, 5.41) is 6.83. The van der Waals surface area contributed by atoms with Crippen LogP contribution in [0.25, 0.3) is 0 Å². The molecule has 0 fully saturated rings. The number of hydrogen-bond acceptors (Lipinski definition) is 5. The SMILES string of the molecule is CC(=O)c1ccc(Cn2ccc(NC(=O)OCc3ccc(C)c(C)c3)n2)o1. The second kappa shape index (κ2) is 7.90. The molecule has 0 saturated heterocycles. The number of aryl methyl sites for hydroxylation is 2. The predicted octanol–water partition coefficient (Wildman–Crippen LogP) is 4.09. The molecule has 1 aromatic carbocycles. The average molecular weight is 367 g/mol. The lowest BCUT2D eigenvalue weighted by molar-refractivity contribution is 0.0985. The van der Waals surface area contributed by atoms with Crippen molar-refractivity contribution in [2.24, 2.45) is 0 Å². The maximum Gasteiger partial charge on any atom is 0.413 e. The van der Waals surface area contributed by atoms with Gasteiger partial charge in [-0.1, -0.05) is 18.2 Å². The number of carbonyl (C=O) groups excluding carboxylic acids is 2. The van der Waals surface area contributed by atoms with Gasteiger partial charge in [-0.2, -0.15) is 5.10 Å². The van der Waals surface area contributed by atoms with E-state index in [2.05, 4.69) is 10.4 Å². The van der Waals surface area contributed by atoms with E-state index in [0.717, 1.165) is 11.1 Å². The Balaban J connectivity index is 1.52. The second-order valence-electron chi connectivity index (χ2n) is 6.34. The van der Waals surface area contributed by atoms with E-state index in [1.54, 1.807) is 29.1 Å². The maximum absolute atomic E-state index is 11.9. The van der Waals surface area contributed by atoms with E-state index >= 15 is 0 Å². The fourth-order valence-corrected chi connectivity index (χ4v) is 2.51. The number of rotatable bonds is 6. The van der Waals surface area contributed by atoms with Crippen LogP contribution in [0.5, 0.6) is 0 Å². The van der Waals surface area contributed by atoms with Crippen molar-refractivity contribution in [1.82, 2.24) is 9.78 Å². The van der Waals surface area contributed by atoms with Crippen molar-refractivity contribution in [2.75, 3.05) is 5.32 Å². The minimum atomic E-state index is -0.574. The molecule has 1 amide bonds. The number of aromatic nitrogens is 2. The lowest BCUT2D eigenvalue weighted by Gasteiger charge is -2.07. The molecule has 0 aliphatic heterocycles. The van der Waals surface area contributed by atoms with E-state index in [9.17, 15) is 9.59 Å². The topological polar surface area (TPSA) is 86.4 Å². The molecule has 0 aliphatic carbocycles. The van der Waals surface area contributed by atoms with Gasteiger partial charge in [0.15, 0.2) is 17.4 Å². The smallest absolute Gasteiger partial charge is 0.413 e. The van der Waals surface area contributed by atoms with Gasteiger partial charge in [0.1, 0.15) is 12.4 Å². The molecule has 3 aromatic rings. The van der Waals surface area contributed by atoms with E-state index in [1.165, 1.54) is 12.5 Å². The summed E-state index contributed by atoms with van der Waals surface area (Å²) >= 11 is 0. The molecule has 1 N–H and O–H groups in total. The third-order valence-electron chi connectivity index (χ3n) is 4.14. The van der Waals surface area contributed by atoms with Crippen LogP contribution in [-0.4, -0.2) is 21.7 Å². The zero-order valence-corrected chi connectivity index (χ0v) is 15.5. The summed E-state index contributed by atoms with van der Waals surface area (Å²) in [7, 11) is 0. The average Bonchev–Trinajstić information content (AvgIpc) is 3.26. The Hall–Kier alpha value is -3.35. The van der Waals surface area contributed by atoms with Gasteiger partial charge < -0.3 is 9.15 Å². The van der Waals surface area contributed by atoms with Gasteiger partial charge in [-0.3, -0.25) is 14.8 Å². The highest BCUT2D eigenvalue weighted by Gasteiger charge is 2.10. The summed E-state index contributed by atoms with van der Waals surface area (Å²) in [5.41, 5.74) is 3.28. The zero-order valence-electron chi connectivity index (χ0n) is 15.5. The molecular formula is C20H21N3O4. The van der Waals surface area contributed by atoms with E-state index in [4.69, 9.17) is 9.15 Å². The zero-order chi connectivity index (χ0) is 19.4. The number of anilines is 1. The van der Waals surface area contributed by atoms with Crippen molar-refractivity contribution < 1.29 is 18.7 Å². The lowest BCUT2D eigenvalue weighted by atomic mass is 10.1. The number of amides is 1. The van der Waals surface area contributed by atoms with E-state index < -0.39 is 6.09 Å². The molecule has 3 rings (SSSR count). The van der Waals surface area contributed by atoms with Crippen LogP contribution in [0.4, 0.5) is 10.6 Å². The van der Waals surface area contributed by atoms with Crippen LogP contribution < -0.4 is 5.32 Å². The highest BCUT2D eigenvalue weighted by Crippen LogP contribution is 2.13. The van der Waals surface area contributed by atoms with Crippen LogP contribution >= 0.6 is 0 Å². The number of hydrogen-bond donors (Lipinski definition) is 1. The number of carbonyl (C=O) groups is 2. The number of furan rings is 1. The summed E-state index contributed by atoms with van der Waals surface area (Å²) in [4.78, 5) is 23.2. The Bertz CT molecular complexity index is 971. The maximum atomic E-state index is 11.9.